The van der Waals surface area contributed by atoms with Gasteiger partial charge in [0.2, 0.25) is 5.91 Å². The number of amides is 2. The highest BCUT2D eigenvalue weighted by Crippen LogP contribution is 2.05. The fraction of sp³-hybridized carbons (Fsp3) is 0.467. The maximum atomic E-state index is 11.9. The Kier molecular flexibility index (Phi) is 6.18. The van der Waals surface area contributed by atoms with Crippen molar-refractivity contribution in [3.63, 3.8) is 0 Å². The number of hydrogen-bond acceptors (Lipinski definition) is 3. The van der Waals surface area contributed by atoms with Crippen molar-refractivity contribution in [2.24, 2.45) is 0 Å². The lowest BCUT2D eigenvalue weighted by Crippen LogP contribution is -2.42. The van der Waals surface area contributed by atoms with Crippen LogP contribution in [0.3, 0.4) is 0 Å². The van der Waals surface area contributed by atoms with E-state index >= 15 is 0 Å². The average Bonchev–Trinajstić information content (AvgIpc) is 2.50. The summed E-state index contributed by atoms with van der Waals surface area (Å²) in [5, 5.41) is 5.76. The van der Waals surface area contributed by atoms with Gasteiger partial charge in [-0.1, -0.05) is 12.1 Å². The molecule has 20 heavy (non-hydrogen) atoms. The highest BCUT2D eigenvalue weighted by Gasteiger charge is 2.15. The number of hydrogen-bond donors (Lipinski definition) is 2. The first kappa shape index (κ1) is 16.2. The van der Waals surface area contributed by atoms with Gasteiger partial charge in [0.05, 0.1) is 6.04 Å². The second-order valence-electron chi connectivity index (χ2n) is 4.73. The highest BCUT2D eigenvalue weighted by atomic mass is 16.2. The summed E-state index contributed by atoms with van der Waals surface area (Å²) in [6.07, 6.45) is 0. The summed E-state index contributed by atoms with van der Waals surface area (Å²) in [7, 11) is 3.40. The zero-order valence-corrected chi connectivity index (χ0v) is 12.6. The molecule has 2 amide bonds. The number of nitrogens with one attached hydrogen (secondary N) is 2. The molecule has 0 heterocycles. The monoisotopic (exact) mass is 277 g/mol. The Bertz CT molecular complexity index is 457. The summed E-state index contributed by atoms with van der Waals surface area (Å²) in [6.45, 7) is 5.10. The number of carbonyl (C=O) groups excluding carboxylic acids is 2. The van der Waals surface area contributed by atoms with E-state index in [1.807, 2.05) is 26.0 Å². The molecule has 1 aromatic carbocycles. The van der Waals surface area contributed by atoms with Gasteiger partial charge in [0.25, 0.3) is 5.91 Å². The molecule has 0 aliphatic carbocycles. The minimum absolute atomic E-state index is 0.0782. The predicted octanol–water partition coefficient (Wildman–Crippen LogP) is 1.00. The molecule has 0 aliphatic rings. The molecule has 0 saturated heterocycles. The van der Waals surface area contributed by atoms with Crippen molar-refractivity contribution in [2.45, 2.75) is 26.4 Å². The molecule has 1 atom stereocenters. The fourth-order valence-corrected chi connectivity index (χ4v) is 1.76. The molecule has 0 aliphatic heterocycles. The molecule has 0 bridgehead atoms. The zero-order chi connectivity index (χ0) is 15.1. The Labute approximate surface area is 120 Å². The first-order chi connectivity index (χ1) is 9.49. The predicted molar refractivity (Wildman–Crippen MR) is 79.4 cm³/mol. The molecule has 5 heteroatoms. The van der Waals surface area contributed by atoms with Crippen LogP contribution in [0.25, 0.3) is 0 Å². The van der Waals surface area contributed by atoms with Crippen molar-refractivity contribution in [1.29, 1.82) is 0 Å². The van der Waals surface area contributed by atoms with E-state index in [4.69, 9.17) is 0 Å². The van der Waals surface area contributed by atoms with Crippen LogP contribution in [0.4, 0.5) is 0 Å². The van der Waals surface area contributed by atoms with E-state index in [-0.39, 0.29) is 17.9 Å². The first-order valence-electron chi connectivity index (χ1n) is 6.79. The summed E-state index contributed by atoms with van der Waals surface area (Å²) in [6, 6.07) is 7.11. The number of nitrogens with zero attached hydrogens (tertiary/aromatic N) is 1. The van der Waals surface area contributed by atoms with Gasteiger partial charge < -0.3 is 15.5 Å². The Morgan fingerprint density at radius 3 is 2.35 bits per heavy atom. The SMILES string of the molecule is CCN(C)C(=O)C(C)NCc1ccc(C(=O)NC)cc1. The first-order valence-corrected chi connectivity index (χ1v) is 6.79. The third kappa shape index (κ3) is 4.35. The minimum atomic E-state index is -0.224. The van der Waals surface area contributed by atoms with Gasteiger partial charge in [-0.15, -0.1) is 0 Å². The molecule has 0 spiro atoms. The van der Waals surface area contributed by atoms with E-state index in [9.17, 15) is 9.59 Å². The lowest BCUT2D eigenvalue weighted by Gasteiger charge is -2.20. The van der Waals surface area contributed by atoms with Gasteiger partial charge in [-0.2, -0.15) is 0 Å². The highest BCUT2D eigenvalue weighted by molar-refractivity contribution is 5.93. The summed E-state index contributed by atoms with van der Waals surface area (Å²) in [5.74, 6) is -0.0212. The van der Waals surface area contributed by atoms with Crippen molar-refractivity contribution >= 4 is 11.8 Å². The second-order valence-corrected chi connectivity index (χ2v) is 4.73. The topological polar surface area (TPSA) is 61.4 Å². The number of carbonyl (C=O) groups is 2. The van der Waals surface area contributed by atoms with Gasteiger partial charge >= 0.3 is 0 Å². The number of likely N-dealkylation sites (N-methyl/N-ethyl adjacent to an activating group) is 1. The average molecular weight is 277 g/mol. The Balaban J connectivity index is 2.53. The van der Waals surface area contributed by atoms with Crippen LogP contribution in [0, 0.1) is 0 Å². The van der Waals surface area contributed by atoms with Crippen LogP contribution in [0.1, 0.15) is 29.8 Å². The quantitative estimate of drug-likeness (QED) is 0.815. The van der Waals surface area contributed by atoms with Crippen LogP contribution < -0.4 is 10.6 Å². The molecule has 0 radical (unpaired) electrons. The third-order valence-electron chi connectivity index (χ3n) is 3.28. The zero-order valence-electron chi connectivity index (χ0n) is 12.6. The Morgan fingerprint density at radius 1 is 1.25 bits per heavy atom. The van der Waals surface area contributed by atoms with E-state index < -0.39 is 0 Å². The molecule has 1 unspecified atom stereocenters. The van der Waals surface area contributed by atoms with Gasteiger partial charge in [-0.25, -0.2) is 0 Å². The van der Waals surface area contributed by atoms with E-state index in [1.165, 1.54) is 0 Å². The largest absolute Gasteiger partial charge is 0.355 e. The Hall–Kier alpha value is -1.88. The lowest BCUT2D eigenvalue weighted by molar-refractivity contribution is -0.131. The summed E-state index contributed by atoms with van der Waals surface area (Å²) >= 11 is 0. The Morgan fingerprint density at radius 2 is 1.85 bits per heavy atom. The molecule has 110 valence electrons. The normalized spacial score (nSPS) is 11.8. The third-order valence-corrected chi connectivity index (χ3v) is 3.28. The number of benzene rings is 1. The van der Waals surface area contributed by atoms with Crippen LogP contribution in [0.5, 0.6) is 0 Å². The van der Waals surface area contributed by atoms with Gasteiger partial charge in [-0.05, 0) is 31.5 Å². The van der Waals surface area contributed by atoms with E-state index in [2.05, 4.69) is 10.6 Å². The van der Waals surface area contributed by atoms with Crippen molar-refractivity contribution in [2.75, 3.05) is 20.6 Å². The van der Waals surface area contributed by atoms with Crippen LogP contribution in [0.2, 0.25) is 0 Å². The molecule has 0 fully saturated rings. The summed E-state index contributed by atoms with van der Waals surface area (Å²) in [5.41, 5.74) is 1.67. The lowest BCUT2D eigenvalue weighted by atomic mass is 10.1. The van der Waals surface area contributed by atoms with Crippen molar-refractivity contribution < 1.29 is 9.59 Å². The van der Waals surface area contributed by atoms with Crippen LogP contribution in [0.15, 0.2) is 24.3 Å². The molecular weight excluding hydrogens is 254 g/mol. The van der Waals surface area contributed by atoms with Crippen LogP contribution in [-0.4, -0.2) is 43.4 Å². The van der Waals surface area contributed by atoms with Gasteiger partial charge in [-0.3, -0.25) is 9.59 Å². The summed E-state index contributed by atoms with van der Waals surface area (Å²) in [4.78, 5) is 25.0. The number of rotatable bonds is 6. The maximum Gasteiger partial charge on any atom is 0.251 e. The van der Waals surface area contributed by atoms with Crippen molar-refractivity contribution in [1.82, 2.24) is 15.5 Å². The molecule has 0 saturated carbocycles. The van der Waals surface area contributed by atoms with E-state index in [0.29, 0.717) is 18.7 Å². The van der Waals surface area contributed by atoms with Crippen LogP contribution in [-0.2, 0) is 11.3 Å². The standard InChI is InChI=1S/C15H23N3O2/c1-5-18(4)15(20)11(2)17-10-12-6-8-13(9-7-12)14(19)16-3/h6-9,11,17H,5,10H2,1-4H3,(H,16,19). The molecule has 1 rings (SSSR count). The molecule has 2 N–H and O–H groups in total. The van der Waals surface area contributed by atoms with E-state index in [1.54, 1.807) is 31.1 Å². The maximum absolute atomic E-state index is 11.9. The van der Waals surface area contributed by atoms with Gasteiger partial charge in [0, 0.05) is 32.7 Å². The fourth-order valence-electron chi connectivity index (χ4n) is 1.76. The molecule has 0 aromatic heterocycles. The molecule has 1 aromatic rings. The summed E-state index contributed by atoms with van der Waals surface area (Å²) < 4.78 is 0. The second kappa shape index (κ2) is 7.65. The van der Waals surface area contributed by atoms with E-state index in [0.717, 1.165) is 5.56 Å². The van der Waals surface area contributed by atoms with Crippen molar-refractivity contribution in [3.8, 4) is 0 Å². The molecule has 5 nitrogen and oxygen atoms in total. The van der Waals surface area contributed by atoms with Crippen molar-refractivity contribution in [3.05, 3.63) is 35.4 Å². The van der Waals surface area contributed by atoms with Gasteiger partial charge in [0.1, 0.15) is 0 Å². The minimum Gasteiger partial charge on any atom is -0.355 e. The van der Waals surface area contributed by atoms with Gasteiger partial charge in [0.15, 0.2) is 0 Å². The van der Waals surface area contributed by atoms with Crippen LogP contribution >= 0.6 is 0 Å². The smallest absolute Gasteiger partial charge is 0.251 e. The molecular formula is C15H23N3O2.